The average molecular weight is 556 g/mol. The van der Waals surface area contributed by atoms with Crippen LogP contribution in [0.3, 0.4) is 0 Å². The number of allylic oxidation sites excluding steroid dienone is 2. The molecule has 0 radical (unpaired) electrons. The van der Waals surface area contributed by atoms with E-state index < -0.39 is 0 Å². The highest BCUT2D eigenvalue weighted by atomic mass is 33.1. The molecule has 4 nitrogen and oxygen atoms in total. The molecule has 4 rings (SSSR count). The first-order valence-corrected chi connectivity index (χ1v) is 15.8. The van der Waals surface area contributed by atoms with Crippen LogP contribution in [0.25, 0.3) is 23.3 Å². The molecule has 0 amide bonds. The van der Waals surface area contributed by atoms with Gasteiger partial charge in [0, 0.05) is 67.5 Å². The smallest absolute Gasteiger partial charge is 0.169 e. The fraction of sp³-hybridized carbons (Fsp3) is 0.242. The number of aryl methyl sites for hydroxylation is 2. The number of hydrogen-bond donors (Lipinski definition) is 2. The van der Waals surface area contributed by atoms with E-state index in [2.05, 4.69) is 144 Å². The lowest BCUT2D eigenvalue weighted by molar-refractivity contribution is -0.671. The maximum absolute atomic E-state index is 3.53. The van der Waals surface area contributed by atoms with Crippen molar-refractivity contribution >= 4 is 56.3 Å². The second-order valence-corrected chi connectivity index (χ2v) is 12.4. The van der Waals surface area contributed by atoms with Crippen molar-refractivity contribution < 1.29 is 4.57 Å². The van der Waals surface area contributed by atoms with Crippen LogP contribution in [-0.2, 0) is 14.1 Å². The number of nitrogens with one attached hydrogen (secondary N) is 2. The SMILES string of the molecule is C/C(=C\c1ccc(NCCSSCCNc2ccc(/C=C(\C)c3ccn(C)c3)cc2)cc1)c1cc[n+](C)cc1. The van der Waals surface area contributed by atoms with Crippen LogP contribution in [0, 0.1) is 0 Å². The minimum absolute atomic E-state index is 0.956. The summed E-state index contributed by atoms with van der Waals surface area (Å²) in [6, 6.07) is 23.8. The molecule has 0 aliphatic rings. The van der Waals surface area contributed by atoms with Crippen molar-refractivity contribution in [2.24, 2.45) is 14.1 Å². The maximum atomic E-state index is 3.53. The van der Waals surface area contributed by atoms with Crippen LogP contribution in [-0.4, -0.2) is 29.2 Å². The fourth-order valence-corrected chi connectivity index (χ4v) is 5.97. The van der Waals surface area contributed by atoms with Crippen molar-refractivity contribution in [2.45, 2.75) is 13.8 Å². The largest absolute Gasteiger partial charge is 0.384 e. The van der Waals surface area contributed by atoms with Crippen LogP contribution < -0.4 is 15.2 Å². The second kappa shape index (κ2) is 14.7. The summed E-state index contributed by atoms with van der Waals surface area (Å²) in [5, 5.41) is 7.06. The highest BCUT2D eigenvalue weighted by Gasteiger charge is 2.01. The molecule has 2 aromatic heterocycles. The van der Waals surface area contributed by atoms with Crippen LogP contribution in [0.2, 0.25) is 0 Å². The molecule has 0 unspecified atom stereocenters. The topological polar surface area (TPSA) is 32.9 Å². The molecule has 0 spiro atoms. The van der Waals surface area contributed by atoms with Crippen LogP contribution >= 0.6 is 21.6 Å². The van der Waals surface area contributed by atoms with Crippen molar-refractivity contribution in [2.75, 3.05) is 35.2 Å². The van der Waals surface area contributed by atoms with Crippen molar-refractivity contribution in [3.63, 3.8) is 0 Å². The summed E-state index contributed by atoms with van der Waals surface area (Å²) in [6.45, 7) is 6.24. The van der Waals surface area contributed by atoms with Gasteiger partial charge in [-0.25, -0.2) is 4.57 Å². The van der Waals surface area contributed by atoms with E-state index in [1.165, 1.54) is 44.8 Å². The van der Waals surface area contributed by atoms with E-state index >= 15 is 0 Å². The van der Waals surface area contributed by atoms with Crippen molar-refractivity contribution in [1.29, 1.82) is 0 Å². The zero-order chi connectivity index (χ0) is 27.5. The highest BCUT2D eigenvalue weighted by Crippen LogP contribution is 2.22. The van der Waals surface area contributed by atoms with Gasteiger partial charge < -0.3 is 15.2 Å². The Labute approximate surface area is 241 Å². The molecule has 0 saturated heterocycles. The van der Waals surface area contributed by atoms with Crippen molar-refractivity contribution in [3.05, 3.63) is 114 Å². The maximum Gasteiger partial charge on any atom is 0.169 e. The van der Waals surface area contributed by atoms with E-state index in [-0.39, 0.29) is 0 Å². The van der Waals surface area contributed by atoms with Gasteiger partial charge in [0.15, 0.2) is 12.4 Å². The molecular weight excluding hydrogens is 517 g/mol. The monoisotopic (exact) mass is 555 g/mol. The third kappa shape index (κ3) is 9.41. The molecule has 0 saturated carbocycles. The third-order valence-electron chi connectivity index (χ3n) is 6.42. The van der Waals surface area contributed by atoms with E-state index in [4.69, 9.17) is 0 Å². The number of benzene rings is 2. The second-order valence-electron chi connectivity index (χ2n) is 9.71. The van der Waals surface area contributed by atoms with Crippen molar-refractivity contribution in [3.8, 4) is 0 Å². The summed E-state index contributed by atoms with van der Waals surface area (Å²) in [4.78, 5) is 0. The molecule has 2 aromatic carbocycles. The summed E-state index contributed by atoms with van der Waals surface area (Å²) >= 11 is 0. The minimum atomic E-state index is 0.956. The summed E-state index contributed by atoms with van der Waals surface area (Å²) in [7, 11) is 7.93. The van der Waals surface area contributed by atoms with Crippen LogP contribution in [0.4, 0.5) is 11.4 Å². The van der Waals surface area contributed by atoms with Gasteiger partial charge >= 0.3 is 0 Å². The Morgan fingerprint density at radius 3 is 1.67 bits per heavy atom. The van der Waals surface area contributed by atoms with E-state index in [9.17, 15) is 0 Å². The molecule has 2 heterocycles. The minimum Gasteiger partial charge on any atom is -0.384 e. The highest BCUT2D eigenvalue weighted by molar-refractivity contribution is 8.76. The summed E-state index contributed by atoms with van der Waals surface area (Å²) in [5.41, 5.74) is 9.83. The molecule has 0 aliphatic heterocycles. The van der Waals surface area contributed by atoms with E-state index in [0.29, 0.717) is 0 Å². The Balaban J connectivity index is 1.09. The normalized spacial score (nSPS) is 12.0. The lowest BCUT2D eigenvalue weighted by atomic mass is 10.1. The summed E-state index contributed by atoms with van der Waals surface area (Å²) < 4.78 is 4.13. The molecular formula is C33H39N4S2+. The fourth-order valence-electron chi connectivity index (χ4n) is 4.15. The zero-order valence-corrected chi connectivity index (χ0v) is 25.0. The Morgan fingerprint density at radius 2 is 1.21 bits per heavy atom. The molecule has 0 bridgehead atoms. The van der Waals surface area contributed by atoms with Gasteiger partial charge in [0.2, 0.25) is 0 Å². The quantitative estimate of drug-likeness (QED) is 0.0999. The van der Waals surface area contributed by atoms with E-state index in [1.54, 1.807) is 0 Å². The number of nitrogens with zero attached hydrogens (tertiary/aromatic N) is 2. The van der Waals surface area contributed by atoms with Gasteiger partial charge in [0.1, 0.15) is 7.05 Å². The number of anilines is 2. The zero-order valence-electron chi connectivity index (χ0n) is 23.4. The Morgan fingerprint density at radius 1 is 0.718 bits per heavy atom. The number of rotatable bonds is 13. The van der Waals surface area contributed by atoms with Gasteiger partial charge in [-0.05, 0) is 77.6 Å². The van der Waals surface area contributed by atoms with Crippen molar-refractivity contribution in [1.82, 2.24) is 4.57 Å². The van der Waals surface area contributed by atoms with Crippen LogP contribution in [0.5, 0.6) is 0 Å². The van der Waals surface area contributed by atoms with E-state index in [1.807, 2.05) is 28.6 Å². The average Bonchev–Trinajstić information content (AvgIpc) is 3.39. The summed E-state index contributed by atoms with van der Waals surface area (Å²) in [6.07, 6.45) is 12.9. The number of hydrogen-bond acceptors (Lipinski definition) is 4. The van der Waals surface area contributed by atoms with Crippen LogP contribution in [0.15, 0.2) is 91.5 Å². The summed E-state index contributed by atoms with van der Waals surface area (Å²) in [5.74, 6) is 2.14. The van der Waals surface area contributed by atoms with E-state index in [0.717, 1.165) is 24.6 Å². The Bertz CT molecular complexity index is 1370. The van der Waals surface area contributed by atoms with Gasteiger partial charge in [0.25, 0.3) is 0 Å². The standard InChI is InChI=1S/C33H38N4S2/c1-26(30-13-18-36(3)19-14-30)23-28-5-9-32(10-6-28)34-16-21-38-39-22-17-35-33-11-7-29(8-12-33)24-27(2)31-15-20-37(4)25-31/h5-15,18-20,23-25,35H,16-17,21-22H2,1-4H3/p+1/b27-24+. The molecule has 202 valence electrons. The molecule has 2 N–H and O–H groups in total. The van der Waals surface area contributed by atoms with Crippen LogP contribution in [0.1, 0.15) is 36.1 Å². The lowest BCUT2D eigenvalue weighted by Gasteiger charge is -2.08. The molecule has 0 aliphatic carbocycles. The molecule has 0 fully saturated rings. The van der Waals surface area contributed by atoms with Gasteiger partial charge in [0.05, 0.1) is 0 Å². The molecule has 4 aromatic rings. The van der Waals surface area contributed by atoms with Gasteiger partial charge in [-0.2, -0.15) is 0 Å². The first kappa shape index (κ1) is 28.7. The molecule has 6 heteroatoms. The number of pyridine rings is 1. The lowest BCUT2D eigenvalue weighted by Crippen LogP contribution is -2.25. The van der Waals surface area contributed by atoms with Gasteiger partial charge in [-0.1, -0.05) is 58.0 Å². The first-order chi connectivity index (χ1) is 19.0. The number of aromatic nitrogens is 2. The predicted molar refractivity (Wildman–Crippen MR) is 175 cm³/mol. The molecule has 39 heavy (non-hydrogen) atoms. The predicted octanol–water partition coefficient (Wildman–Crippen LogP) is 7.88. The van der Waals surface area contributed by atoms with Gasteiger partial charge in [-0.3, -0.25) is 0 Å². The third-order valence-corrected chi connectivity index (χ3v) is 8.83. The Kier molecular flexibility index (Phi) is 10.8. The first-order valence-electron chi connectivity index (χ1n) is 13.3. The van der Waals surface area contributed by atoms with Gasteiger partial charge in [-0.15, -0.1) is 0 Å². The Hall–Kier alpha value is -3.35. The molecule has 0 atom stereocenters.